The zero-order valence-corrected chi connectivity index (χ0v) is 12.5. The third kappa shape index (κ3) is 3.70. The van der Waals surface area contributed by atoms with Gasteiger partial charge in [0, 0.05) is 5.69 Å². The van der Waals surface area contributed by atoms with Crippen molar-refractivity contribution in [1.29, 1.82) is 5.26 Å². The fourth-order valence-corrected chi connectivity index (χ4v) is 2.48. The zero-order valence-electron chi connectivity index (χ0n) is 11.7. The molecular formula is C13H7F6N3OS. The number of rotatable bonds is 3. The van der Waals surface area contributed by atoms with Crippen molar-refractivity contribution in [1.82, 2.24) is 4.37 Å². The van der Waals surface area contributed by atoms with Crippen molar-refractivity contribution in [3.63, 3.8) is 0 Å². The van der Waals surface area contributed by atoms with Gasteiger partial charge in [0.25, 0.3) is 0 Å². The summed E-state index contributed by atoms with van der Waals surface area (Å²) in [5.41, 5.74) is -3.52. The molecule has 2 rings (SSSR count). The number of methoxy groups -OCH3 is 1. The third-order valence-electron chi connectivity index (χ3n) is 2.81. The minimum atomic E-state index is -4.96. The van der Waals surface area contributed by atoms with Crippen LogP contribution in [0.5, 0.6) is 5.88 Å². The summed E-state index contributed by atoms with van der Waals surface area (Å²) in [5.74, 6) is -0.0759. The quantitative estimate of drug-likeness (QED) is 0.792. The molecule has 1 aromatic heterocycles. The van der Waals surface area contributed by atoms with Gasteiger partial charge in [0.1, 0.15) is 11.1 Å². The molecule has 11 heteroatoms. The van der Waals surface area contributed by atoms with Crippen LogP contribution in [0.1, 0.15) is 16.7 Å². The van der Waals surface area contributed by atoms with E-state index in [4.69, 9.17) is 10.00 Å². The largest absolute Gasteiger partial charge is 0.479 e. The highest BCUT2D eigenvalue weighted by atomic mass is 32.1. The number of anilines is 2. The van der Waals surface area contributed by atoms with Gasteiger partial charge < -0.3 is 10.1 Å². The molecule has 0 aliphatic carbocycles. The number of halogens is 6. The van der Waals surface area contributed by atoms with E-state index in [1.807, 2.05) is 0 Å². The Hall–Kier alpha value is -2.48. The number of ether oxygens (including phenoxy) is 1. The molecule has 2 aromatic rings. The lowest BCUT2D eigenvalue weighted by Crippen LogP contribution is -2.11. The van der Waals surface area contributed by atoms with Gasteiger partial charge in [-0.25, -0.2) is 0 Å². The summed E-state index contributed by atoms with van der Waals surface area (Å²) < 4.78 is 85.3. The van der Waals surface area contributed by atoms with Crippen LogP contribution in [0.4, 0.5) is 37.0 Å². The molecule has 1 N–H and O–H groups in total. The van der Waals surface area contributed by atoms with E-state index in [-0.39, 0.29) is 22.5 Å². The molecule has 1 aromatic carbocycles. The lowest BCUT2D eigenvalue weighted by atomic mass is 10.1. The lowest BCUT2D eigenvalue weighted by Gasteiger charge is -2.14. The topological polar surface area (TPSA) is 57.9 Å². The number of hydrogen-bond acceptors (Lipinski definition) is 5. The van der Waals surface area contributed by atoms with Crippen LogP contribution in [-0.4, -0.2) is 11.5 Å². The number of nitrogens with zero attached hydrogens (tertiary/aromatic N) is 2. The Labute approximate surface area is 135 Å². The Morgan fingerprint density at radius 3 is 2.04 bits per heavy atom. The second-order valence-electron chi connectivity index (χ2n) is 4.43. The molecule has 24 heavy (non-hydrogen) atoms. The molecule has 0 aliphatic rings. The van der Waals surface area contributed by atoms with Crippen molar-refractivity contribution in [2.24, 2.45) is 0 Å². The molecule has 4 nitrogen and oxygen atoms in total. The van der Waals surface area contributed by atoms with E-state index in [1.54, 1.807) is 6.07 Å². The van der Waals surface area contributed by atoms with Crippen LogP contribution < -0.4 is 10.1 Å². The third-order valence-corrected chi connectivity index (χ3v) is 3.56. The standard InChI is InChI=1S/C13H7F6N3OS/c1-23-10-9(5-20)11(24-22-10)21-8-3-6(12(14,15)16)2-7(4-8)13(17,18)19/h2-4,21H,1H3. The number of alkyl halides is 6. The van der Waals surface area contributed by atoms with Gasteiger partial charge in [0.15, 0.2) is 5.56 Å². The van der Waals surface area contributed by atoms with Crippen LogP contribution in [0.25, 0.3) is 0 Å². The summed E-state index contributed by atoms with van der Waals surface area (Å²) in [6.45, 7) is 0. The van der Waals surface area contributed by atoms with E-state index < -0.39 is 29.2 Å². The minimum absolute atomic E-state index is 0.0175. The van der Waals surface area contributed by atoms with Gasteiger partial charge >= 0.3 is 12.4 Å². The van der Waals surface area contributed by atoms with Gasteiger partial charge in [-0.1, -0.05) is 0 Å². The maximum absolute atomic E-state index is 12.8. The number of aromatic nitrogens is 1. The molecular weight excluding hydrogens is 360 g/mol. The van der Waals surface area contributed by atoms with E-state index in [2.05, 4.69) is 9.69 Å². The van der Waals surface area contributed by atoms with E-state index in [9.17, 15) is 26.3 Å². The smallest absolute Gasteiger partial charge is 0.416 e. The van der Waals surface area contributed by atoms with Gasteiger partial charge in [-0.05, 0) is 29.7 Å². The van der Waals surface area contributed by atoms with Crippen molar-refractivity contribution in [2.75, 3.05) is 12.4 Å². The summed E-state index contributed by atoms with van der Waals surface area (Å²) in [4.78, 5) is 0. The van der Waals surface area contributed by atoms with E-state index in [0.717, 1.165) is 0 Å². The maximum atomic E-state index is 12.8. The van der Waals surface area contributed by atoms with Gasteiger partial charge in [-0.2, -0.15) is 36.0 Å². The molecule has 0 radical (unpaired) electrons. The SMILES string of the molecule is COc1nsc(Nc2cc(C(F)(F)F)cc(C(F)(F)F)c2)c1C#N. The first-order valence-corrected chi connectivity index (χ1v) is 6.84. The molecule has 0 spiro atoms. The maximum Gasteiger partial charge on any atom is 0.416 e. The normalized spacial score (nSPS) is 11.9. The first kappa shape index (κ1) is 17.9. The Morgan fingerprint density at radius 2 is 1.62 bits per heavy atom. The monoisotopic (exact) mass is 367 g/mol. The Balaban J connectivity index is 2.51. The summed E-state index contributed by atoms with van der Waals surface area (Å²) >= 11 is 0.676. The van der Waals surface area contributed by atoms with Crippen LogP contribution in [-0.2, 0) is 12.4 Å². The molecule has 128 valence electrons. The second kappa shape index (κ2) is 6.20. The van der Waals surface area contributed by atoms with Gasteiger partial charge in [-0.15, -0.1) is 0 Å². The predicted molar refractivity (Wildman–Crippen MR) is 73.1 cm³/mol. The van der Waals surface area contributed by atoms with Crippen molar-refractivity contribution < 1.29 is 31.1 Å². The van der Waals surface area contributed by atoms with Crippen LogP contribution in [0, 0.1) is 11.3 Å². The van der Waals surface area contributed by atoms with Crippen LogP contribution in [0.15, 0.2) is 18.2 Å². The van der Waals surface area contributed by atoms with Gasteiger partial charge in [-0.3, -0.25) is 0 Å². The predicted octanol–water partition coefficient (Wildman–Crippen LogP) is 4.80. The Kier molecular flexibility index (Phi) is 4.61. The molecule has 0 saturated carbocycles. The summed E-state index contributed by atoms with van der Waals surface area (Å²) in [6, 6.07) is 2.77. The van der Waals surface area contributed by atoms with Gasteiger partial charge in [0.05, 0.1) is 18.2 Å². The van der Waals surface area contributed by atoms with E-state index in [0.29, 0.717) is 23.7 Å². The fraction of sp³-hybridized carbons (Fsp3) is 0.231. The first-order chi connectivity index (χ1) is 11.1. The van der Waals surface area contributed by atoms with Crippen molar-refractivity contribution >= 4 is 22.2 Å². The van der Waals surface area contributed by atoms with E-state index in [1.165, 1.54) is 7.11 Å². The molecule has 0 bridgehead atoms. The molecule has 0 aliphatic heterocycles. The zero-order chi connectivity index (χ0) is 18.1. The first-order valence-electron chi connectivity index (χ1n) is 6.06. The lowest BCUT2D eigenvalue weighted by molar-refractivity contribution is -0.143. The fourth-order valence-electron chi connectivity index (χ4n) is 1.76. The Morgan fingerprint density at radius 1 is 1.08 bits per heavy atom. The van der Waals surface area contributed by atoms with Crippen LogP contribution in [0.3, 0.4) is 0 Å². The molecule has 0 fully saturated rings. The number of hydrogen-bond donors (Lipinski definition) is 1. The summed E-state index contributed by atoms with van der Waals surface area (Å²) in [5, 5.41) is 11.3. The van der Waals surface area contributed by atoms with Crippen molar-refractivity contribution in [2.45, 2.75) is 12.4 Å². The molecule has 0 saturated heterocycles. The molecule has 1 heterocycles. The average Bonchev–Trinajstić information content (AvgIpc) is 2.86. The number of nitrogens with one attached hydrogen (secondary N) is 1. The highest BCUT2D eigenvalue weighted by molar-refractivity contribution is 7.10. The number of nitriles is 1. The van der Waals surface area contributed by atoms with Crippen LogP contribution in [0.2, 0.25) is 0 Å². The number of benzene rings is 1. The second-order valence-corrected chi connectivity index (χ2v) is 5.20. The molecule has 0 atom stereocenters. The average molecular weight is 367 g/mol. The highest BCUT2D eigenvalue weighted by Crippen LogP contribution is 2.39. The molecule has 0 amide bonds. The van der Waals surface area contributed by atoms with Crippen molar-refractivity contribution in [3.05, 3.63) is 34.9 Å². The molecule has 0 unspecified atom stereocenters. The minimum Gasteiger partial charge on any atom is -0.479 e. The summed E-state index contributed by atoms with van der Waals surface area (Å²) in [6.07, 6.45) is -9.91. The Bertz CT molecular complexity index is 758. The summed E-state index contributed by atoms with van der Waals surface area (Å²) in [7, 11) is 1.23. The van der Waals surface area contributed by atoms with Gasteiger partial charge in [0.2, 0.25) is 5.88 Å². The van der Waals surface area contributed by atoms with Crippen molar-refractivity contribution in [3.8, 4) is 11.9 Å². The van der Waals surface area contributed by atoms with E-state index >= 15 is 0 Å². The highest BCUT2D eigenvalue weighted by Gasteiger charge is 2.37. The van der Waals surface area contributed by atoms with Crippen LogP contribution >= 0.6 is 11.5 Å².